The third kappa shape index (κ3) is 2.40. The van der Waals surface area contributed by atoms with Crippen molar-refractivity contribution in [2.24, 2.45) is 5.92 Å². The molecule has 2 fully saturated rings. The molecule has 0 radical (unpaired) electrons. The summed E-state index contributed by atoms with van der Waals surface area (Å²) in [5.74, 6) is 0.868. The average molecular weight is 224 g/mol. The molecule has 0 bridgehead atoms. The van der Waals surface area contributed by atoms with Crippen molar-refractivity contribution in [3.8, 4) is 0 Å². The molecule has 1 atom stereocenters. The first-order chi connectivity index (χ1) is 7.44. The SMILES string of the molecule is CC1(C(=O)NC(C)(C)C2CC2)CCCCN1. The summed E-state index contributed by atoms with van der Waals surface area (Å²) in [4.78, 5) is 12.3. The Bertz CT molecular complexity index is 276. The number of amides is 1. The highest BCUT2D eigenvalue weighted by Gasteiger charge is 2.42. The average Bonchev–Trinajstić information content (AvgIpc) is 3.01. The van der Waals surface area contributed by atoms with Crippen LogP contribution in [0.2, 0.25) is 0 Å². The molecule has 1 heterocycles. The molecule has 0 aromatic rings. The van der Waals surface area contributed by atoms with E-state index in [1.165, 1.54) is 19.3 Å². The van der Waals surface area contributed by atoms with Crippen LogP contribution in [-0.4, -0.2) is 23.5 Å². The lowest BCUT2D eigenvalue weighted by Gasteiger charge is -2.37. The maximum atomic E-state index is 12.3. The predicted octanol–water partition coefficient (Wildman–Crippen LogP) is 1.82. The van der Waals surface area contributed by atoms with Crippen molar-refractivity contribution in [2.75, 3.05) is 6.54 Å². The molecule has 92 valence electrons. The molecule has 2 rings (SSSR count). The van der Waals surface area contributed by atoms with E-state index in [9.17, 15) is 4.79 Å². The van der Waals surface area contributed by atoms with Gasteiger partial charge in [-0.3, -0.25) is 4.79 Å². The highest BCUT2D eigenvalue weighted by molar-refractivity contribution is 5.86. The molecule has 3 heteroatoms. The number of rotatable bonds is 3. The van der Waals surface area contributed by atoms with Gasteiger partial charge in [-0.15, -0.1) is 0 Å². The summed E-state index contributed by atoms with van der Waals surface area (Å²) in [6.07, 6.45) is 5.82. The molecule has 3 nitrogen and oxygen atoms in total. The van der Waals surface area contributed by atoms with E-state index >= 15 is 0 Å². The molecule has 1 saturated heterocycles. The number of piperidine rings is 1. The van der Waals surface area contributed by atoms with Gasteiger partial charge in [-0.05, 0) is 65.3 Å². The molecular formula is C13H24N2O. The third-order valence-corrected chi connectivity index (χ3v) is 4.15. The molecule has 1 aliphatic heterocycles. The van der Waals surface area contributed by atoms with Gasteiger partial charge in [0.15, 0.2) is 0 Å². The van der Waals surface area contributed by atoms with Crippen LogP contribution in [0.5, 0.6) is 0 Å². The van der Waals surface area contributed by atoms with Crippen LogP contribution >= 0.6 is 0 Å². The van der Waals surface area contributed by atoms with Crippen LogP contribution in [0.1, 0.15) is 52.9 Å². The molecule has 1 aliphatic carbocycles. The quantitative estimate of drug-likeness (QED) is 0.768. The Hall–Kier alpha value is -0.570. The van der Waals surface area contributed by atoms with Gasteiger partial charge in [-0.25, -0.2) is 0 Å². The van der Waals surface area contributed by atoms with Crippen LogP contribution in [0, 0.1) is 5.92 Å². The van der Waals surface area contributed by atoms with Crippen molar-refractivity contribution in [3.05, 3.63) is 0 Å². The van der Waals surface area contributed by atoms with E-state index in [0.717, 1.165) is 19.4 Å². The standard InChI is InChI=1S/C13H24N2O/c1-12(2,10-6-7-10)15-11(16)13(3)8-4-5-9-14-13/h10,14H,4-9H2,1-3H3,(H,15,16). The number of hydrogen-bond acceptors (Lipinski definition) is 2. The van der Waals surface area contributed by atoms with E-state index in [0.29, 0.717) is 5.92 Å². The van der Waals surface area contributed by atoms with Gasteiger partial charge in [-0.2, -0.15) is 0 Å². The largest absolute Gasteiger partial charge is 0.349 e. The Morgan fingerprint density at radius 1 is 1.38 bits per heavy atom. The minimum Gasteiger partial charge on any atom is -0.349 e. The Balaban J connectivity index is 1.95. The first-order valence-electron chi connectivity index (χ1n) is 6.52. The summed E-state index contributed by atoms with van der Waals surface area (Å²) in [6, 6.07) is 0. The van der Waals surface area contributed by atoms with Gasteiger partial charge in [0.2, 0.25) is 5.91 Å². The first kappa shape index (κ1) is 11.9. The summed E-state index contributed by atoms with van der Waals surface area (Å²) < 4.78 is 0. The molecule has 0 aromatic heterocycles. The highest BCUT2D eigenvalue weighted by Crippen LogP contribution is 2.39. The van der Waals surface area contributed by atoms with Gasteiger partial charge in [0.05, 0.1) is 5.54 Å². The fourth-order valence-electron chi connectivity index (χ4n) is 2.59. The molecule has 0 spiro atoms. The van der Waals surface area contributed by atoms with E-state index in [-0.39, 0.29) is 17.0 Å². The molecule has 16 heavy (non-hydrogen) atoms. The lowest BCUT2D eigenvalue weighted by Crippen LogP contribution is -2.61. The topological polar surface area (TPSA) is 41.1 Å². The predicted molar refractivity (Wildman–Crippen MR) is 65.2 cm³/mol. The van der Waals surface area contributed by atoms with Crippen LogP contribution in [0.3, 0.4) is 0 Å². The van der Waals surface area contributed by atoms with E-state index < -0.39 is 0 Å². The number of carbonyl (C=O) groups excluding carboxylic acids is 1. The Morgan fingerprint density at radius 2 is 2.06 bits per heavy atom. The van der Waals surface area contributed by atoms with Gasteiger partial charge in [0.25, 0.3) is 0 Å². The summed E-state index contributed by atoms with van der Waals surface area (Å²) in [5.41, 5.74) is -0.371. The van der Waals surface area contributed by atoms with Crippen molar-refractivity contribution in [3.63, 3.8) is 0 Å². The molecule has 1 unspecified atom stereocenters. The Kier molecular flexibility index (Phi) is 2.99. The number of hydrogen-bond donors (Lipinski definition) is 2. The molecule has 2 aliphatic rings. The first-order valence-corrected chi connectivity index (χ1v) is 6.52. The summed E-state index contributed by atoms with van der Waals surface area (Å²) in [7, 11) is 0. The zero-order chi connectivity index (χ0) is 11.8. The van der Waals surface area contributed by atoms with E-state index in [1.807, 2.05) is 6.92 Å². The number of nitrogens with one attached hydrogen (secondary N) is 2. The molecule has 1 saturated carbocycles. The van der Waals surface area contributed by atoms with Crippen molar-refractivity contribution < 1.29 is 4.79 Å². The van der Waals surface area contributed by atoms with Crippen molar-refractivity contribution in [1.29, 1.82) is 0 Å². The molecule has 0 aromatic carbocycles. The normalized spacial score (nSPS) is 31.2. The Labute approximate surface area is 98.4 Å². The second-order valence-electron chi connectivity index (χ2n) is 6.17. The fourth-order valence-corrected chi connectivity index (χ4v) is 2.59. The minimum absolute atomic E-state index is 0.0286. The van der Waals surface area contributed by atoms with Crippen molar-refractivity contribution >= 4 is 5.91 Å². The molecule has 1 amide bonds. The molecular weight excluding hydrogens is 200 g/mol. The van der Waals surface area contributed by atoms with Crippen LogP contribution in [0.4, 0.5) is 0 Å². The second-order valence-corrected chi connectivity index (χ2v) is 6.17. The third-order valence-electron chi connectivity index (χ3n) is 4.15. The minimum atomic E-state index is -0.343. The fraction of sp³-hybridized carbons (Fsp3) is 0.923. The summed E-state index contributed by atoms with van der Waals surface area (Å²) in [5, 5.41) is 6.59. The summed E-state index contributed by atoms with van der Waals surface area (Å²) in [6.45, 7) is 7.29. The zero-order valence-electron chi connectivity index (χ0n) is 10.7. The second kappa shape index (κ2) is 4.02. The zero-order valence-corrected chi connectivity index (χ0v) is 10.7. The lowest BCUT2D eigenvalue weighted by atomic mass is 9.88. The van der Waals surface area contributed by atoms with E-state index in [2.05, 4.69) is 24.5 Å². The van der Waals surface area contributed by atoms with Crippen LogP contribution in [0.25, 0.3) is 0 Å². The van der Waals surface area contributed by atoms with Crippen molar-refractivity contribution in [1.82, 2.24) is 10.6 Å². The van der Waals surface area contributed by atoms with Gasteiger partial charge in [0, 0.05) is 5.54 Å². The van der Waals surface area contributed by atoms with Gasteiger partial charge in [-0.1, -0.05) is 0 Å². The van der Waals surface area contributed by atoms with Gasteiger partial charge in [0.1, 0.15) is 0 Å². The lowest BCUT2D eigenvalue weighted by molar-refractivity contribution is -0.129. The summed E-state index contributed by atoms with van der Waals surface area (Å²) >= 11 is 0. The van der Waals surface area contributed by atoms with Crippen molar-refractivity contribution in [2.45, 2.75) is 64.0 Å². The monoisotopic (exact) mass is 224 g/mol. The maximum absolute atomic E-state index is 12.3. The van der Waals surface area contributed by atoms with Crippen LogP contribution in [-0.2, 0) is 4.79 Å². The van der Waals surface area contributed by atoms with Crippen LogP contribution < -0.4 is 10.6 Å². The maximum Gasteiger partial charge on any atom is 0.240 e. The van der Waals surface area contributed by atoms with Gasteiger partial charge < -0.3 is 10.6 Å². The highest BCUT2D eigenvalue weighted by atomic mass is 16.2. The molecule has 2 N–H and O–H groups in total. The van der Waals surface area contributed by atoms with Crippen LogP contribution in [0.15, 0.2) is 0 Å². The smallest absolute Gasteiger partial charge is 0.240 e. The van der Waals surface area contributed by atoms with Gasteiger partial charge >= 0.3 is 0 Å². The van der Waals surface area contributed by atoms with E-state index in [1.54, 1.807) is 0 Å². The number of carbonyl (C=O) groups is 1. The van der Waals surface area contributed by atoms with E-state index in [4.69, 9.17) is 0 Å². The Morgan fingerprint density at radius 3 is 2.56 bits per heavy atom.